The predicted molar refractivity (Wildman–Crippen MR) is 103 cm³/mol. The minimum Gasteiger partial charge on any atom is -0.379 e. The van der Waals surface area contributed by atoms with Crippen LogP contribution < -0.4 is 5.32 Å². The van der Waals surface area contributed by atoms with Gasteiger partial charge in [0.05, 0.1) is 24.8 Å². The first-order valence-electron chi connectivity index (χ1n) is 8.24. The number of hydrogen-bond acceptors (Lipinski definition) is 3. The van der Waals surface area contributed by atoms with E-state index < -0.39 is 0 Å². The van der Waals surface area contributed by atoms with E-state index in [2.05, 4.69) is 26.1 Å². The first kappa shape index (κ1) is 18.4. The summed E-state index contributed by atoms with van der Waals surface area (Å²) in [7, 11) is 0. The summed E-state index contributed by atoms with van der Waals surface area (Å²) in [5.41, 5.74) is 1.62. The van der Waals surface area contributed by atoms with E-state index in [1.54, 1.807) is 18.2 Å². The summed E-state index contributed by atoms with van der Waals surface area (Å²) in [5.74, 6) is -0.142. The molecule has 1 aliphatic heterocycles. The highest BCUT2D eigenvalue weighted by Crippen LogP contribution is 2.23. The van der Waals surface area contributed by atoms with Crippen LogP contribution in [0.5, 0.6) is 0 Å². The predicted octanol–water partition coefficient (Wildman–Crippen LogP) is 3.91. The Morgan fingerprint density at radius 1 is 1.20 bits per heavy atom. The molecule has 0 aromatic heterocycles. The Hall–Kier alpha value is -1.40. The Labute approximate surface area is 161 Å². The fourth-order valence-corrected chi connectivity index (χ4v) is 3.47. The molecule has 0 saturated carbocycles. The Bertz CT molecular complexity index is 721. The van der Waals surface area contributed by atoms with Gasteiger partial charge in [-0.25, -0.2) is 0 Å². The summed E-state index contributed by atoms with van der Waals surface area (Å²) >= 11 is 9.48. The second kappa shape index (κ2) is 8.81. The summed E-state index contributed by atoms with van der Waals surface area (Å²) in [6, 6.07) is 15.2. The van der Waals surface area contributed by atoms with Gasteiger partial charge in [0.25, 0.3) is 5.91 Å². The lowest BCUT2D eigenvalue weighted by Crippen LogP contribution is -2.43. The molecule has 1 heterocycles. The summed E-state index contributed by atoms with van der Waals surface area (Å²) in [4.78, 5) is 15.1. The lowest BCUT2D eigenvalue weighted by molar-refractivity contribution is 0.0332. The topological polar surface area (TPSA) is 41.6 Å². The van der Waals surface area contributed by atoms with Crippen molar-refractivity contribution >= 4 is 33.4 Å². The molecule has 0 spiro atoms. The van der Waals surface area contributed by atoms with Gasteiger partial charge in [-0.15, -0.1) is 0 Å². The van der Waals surface area contributed by atoms with E-state index in [1.165, 1.54) is 0 Å². The van der Waals surface area contributed by atoms with Crippen LogP contribution >= 0.6 is 27.5 Å². The monoisotopic (exact) mass is 422 g/mol. The zero-order valence-corrected chi connectivity index (χ0v) is 16.1. The van der Waals surface area contributed by atoms with Crippen LogP contribution in [-0.4, -0.2) is 43.7 Å². The van der Waals surface area contributed by atoms with Crippen LogP contribution in [0.4, 0.5) is 0 Å². The fraction of sp³-hybridized carbons (Fsp3) is 0.316. The summed E-state index contributed by atoms with van der Waals surface area (Å²) in [5, 5.41) is 3.69. The van der Waals surface area contributed by atoms with Gasteiger partial charge in [-0.05, 0) is 39.7 Å². The quantitative estimate of drug-likeness (QED) is 0.793. The second-order valence-corrected chi connectivity index (χ2v) is 7.26. The third-order valence-electron chi connectivity index (χ3n) is 4.22. The molecule has 1 fully saturated rings. The van der Waals surface area contributed by atoms with E-state index in [0.717, 1.165) is 42.9 Å². The molecule has 4 nitrogen and oxygen atoms in total. The number of amides is 1. The van der Waals surface area contributed by atoms with Crippen LogP contribution in [0, 0.1) is 0 Å². The minimum absolute atomic E-state index is 0.0994. The van der Waals surface area contributed by atoms with E-state index in [-0.39, 0.29) is 11.9 Å². The van der Waals surface area contributed by atoms with Gasteiger partial charge in [0.1, 0.15) is 0 Å². The van der Waals surface area contributed by atoms with E-state index in [0.29, 0.717) is 10.6 Å². The second-order valence-electron chi connectivity index (χ2n) is 5.97. The van der Waals surface area contributed by atoms with Crippen molar-refractivity contribution in [1.82, 2.24) is 10.2 Å². The average Bonchev–Trinajstić information content (AvgIpc) is 2.64. The molecule has 0 aliphatic carbocycles. The van der Waals surface area contributed by atoms with Crippen LogP contribution in [0.2, 0.25) is 5.02 Å². The molecule has 3 rings (SSSR count). The SMILES string of the molecule is O=C(NC(CN1CCOCC1)c1ccccc1)c1cc(Cl)ccc1Br. The van der Waals surface area contributed by atoms with Crippen molar-refractivity contribution in [2.75, 3.05) is 32.8 Å². The maximum atomic E-state index is 12.8. The number of benzene rings is 2. The summed E-state index contributed by atoms with van der Waals surface area (Å²) in [6.45, 7) is 3.96. The fourth-order valence-electron chi connectivity index (χ4n) is 2.87. The number of carbonyl (C=O) groups is 1. The molecule has 1 N–H and O–H groups in total. The third-order valence-corrected chi connectivity index (χ3v) is 5.15. The molecule has 6 heteroatoms. The van der Waals surface area contributed by atoms with Gasteiger partial charge in [0.2, 0.25) is 0 Å². The molecule has 2 aromatic carbocycles. The van der Waals surface area contributed by atoms with Gasteiger partial charge in [0, 0.05) is 29.1 Å². The maximum Gasteiger partial charge on any atom is 0.253 e. The molecule has 132 valence electrons. The first-order valence-corrected chi connectivity index (χ1v) is 9.41. The molecular weight excluding hydrogens is 404 g/mol. The van der Waals surface area contributed by atoms with Crippen LogP contribution in [0.1, 0.15) is 22.0 Å². The molecule has 2 aromatic rings. The molecule has 25 heavy (non-hydrogen) atoms. The Morgan fingerprint density at radius 3 is 2.64 bits per heavy atom. The Kier molecular flexibility index (Phi) is 6.48. The lowest BCUT2D eigenvalue weighted by atomic mass is 10.1. The normalized spacial score (nSPS) is 16.4. The van der Waals surface area contributed by atoms with E-state index in [9.17, 15) is 4.79 Å². The molecule has 0 bridgehead atoms. The highest BCUT2D eigenvalue weighted by atomic mass is 79.9. The summed E-state index contributed by atoms with van der Waals surface area (Å²) < 4.78 is 6.15. The van der Waals surface area contributed by atoms with Crippen molar-refractivity contribution in [2.45, 2.75) is 6.04 Å². The molecule has 1 unspecified atom stereocenters. The van der Waals surface area contributed by atoms with Crippen molar-refractivity contribution in [2.24, 2.45) is 0 Å². The average molecular weight is 424 g/mol. The minimum atomic E-state index is -0.142. The number of morpholine rings is 1. The number of hydrogen-bond donors (Lipinski definition) is 1. The zero-order valence-electron chi connectivity index (χ0n) is 13.8. The molecule has 1 aliphatic rings. The summed E-state index contributed by atoms with van der Waals surface area (Å²) in [6.07, 6.45) is 0. The van der Waals surface area contributed by atoms with E-state index in [4.69, 9.17) is 16.3 Å². The number of nitrogens with zero attached hydrogens (tertiary/aromatic N) is 1. The van der Waals surface area contributed by atoms with Gasteiger partial charge in [0.15, 0.2) is 0 Å². The Balaban J connectivity index is 1.79. The largest absolute Gasteiger partial charge is 0.379 e. The van der Waals surface area contributed by atoms with Crippen molar-refractivity contribution < 1.29 is 9.53 Å². The van der Waals surface area contributed by atoms with E-state index >= 15 is 0 Å². The molecular formula is C19H20BrClN2O2. The van der Waals surface area contributed by atoms with Gasteiger partial charge in [-0.2, -0.15) is 0 Å². The first-order chi connectivity index (χ1) is 12.1. The zero-order chi connectivity index (χ0) is 17.6. The van der Waals surface area contributed by atoms with Crippen LogP contribution in [0.3, 0.4) is 0 Å². The van der Waals surface area contributed by atoms with Crippen molar-refractivity contribution in [3.05, 3.63) is 69.2 Å². The highest BCUT2D eigenvalue weighted by Gasteiger charge is 2.21. The molecule has 1 saturated heterocycles. The van der Waals surface area contributed by atoms with Crippen molar-refractivity contribution in [3.63, 3.8) is 0 Å². The van der Waals surface area contributed by atoms with Gasteiger partial charge in [-0.1, -0.05) is 41.9 Å². The van der Waals surface area contributed by atoms with Gasteiger partial charge < -0.3 is 10.1 Å². The third kappa shape index (κ3) is 5.05. The highest BCUT2D eigenvalue weighted by molar-refractivity contribution is 9.10. The van der Waals surface area contributed by atoms with Crippen molar-refractivity contribution in [3.8, 4) is 0 Å². The number of halogens is 2. The standard InChI is InChI=1S/C19H20BrClN2O2/c20-17-7-6-15(21)12-16(17)19(24)22-18(14-4-2-1-3-5-14)13-23-8-10-25-11-9-23/h1-7,12,18H,8-11,13H2,(H,22,24). The van der Waals surface area contributed by atoms with Crippen LogP contribution in [-0.2, 0) is 4.74 Å². The van der Waals surface area contributed by atoms with Crippen LogP contribution in [0.15, 0.2) is 53.0 Å². The van der Waals surface area contributed by atoms with Gasteiger partial charge in [-0.3, -0.25) is 9.69 Å². The maximum absolute atomic E-state index is 12.8. The Morgan fingerprint density at radius 2 is 1.92 bits per heavy atom. The van der Waals surface area contributed by atoms with Crippen LogP contribution in [0.25, 0.3) is 0 Å². The molecule has 0 radical (unpaired) electrons. The van der Waals surface area contributed by atoms with Crippen molar-refractivity contribution in [1.29, 1.82) is 0 Å². The number of rotatable bonds is 5. The van der Waals surface area contributed by atoms with Gasteiger partial charge >= 0.3 is 0 Å². The number of carbonyl (C=O) groups excluding carboxylic acids is 1. The smallest absolute Gasteiger partial charge is 0.253 e. The number of ether oxygens (including phenoxy) is 1. The lowest BCUT2D eigenvalue weighted by Gasteiger charge is -2.31. The molecule has 1 atom stereocenters. The molecule has 1 amide bonds. The number of nitrogens with one attached hydrogen (secondary N) is 1. The van der Waals surface area contributed by atoms with E-state index in [1.807, 2.05) is 30.3 Å².